The van der Waals surface area contributed by atoms with E-state index in [9.17, 15) is 19.2 Å². The molecule has 0 aliphatic carbocycles. The topological polar surface area (TPSA) is 157 Å². The molecule has 3 atom stereocenters. The Kier molecular flexibility index (Phi) is 9.88. The zero-order chi connectivity index (χ0) is 29.8. The zero-order valence-electron chi connectivity index (χ0n) is 23.9. The fraction of sp³-hybridized carbons (Fsp3) is 0.593. The summed E-state index contributed by atoms with van der Waals surface area (Å²) in [5.41, 5.74) is -0.177. The van der Waals surface area contributed by atoms with Gasteiger partial charge in [-0.3, -0.25) is 19.4 Å². The summed E-state index contributed by atoms with van der Waals surface area (Å²) in [6.45, 7) is 11.2. The maximum Gasteiger partial charge on any atom is 0.407 e. The highest BCUT2D eigenvalue weighted by atomic mass is 35.5. The van der Waals surface area contributed by atoms with Crippen molar-refractivity contribution in [2.24, 2.45) is 11.8 Å². The van der Waals surface area contributed by atoms with Crippen LogP contribution in [0, 0.1) is 11.8 Å². The van der Waals surface area contributed by atoms with Crippen LogP contribution < -0.4 is 10.6 Å². The minimum atomic E-state index is -0.968. The van der Waals surface area contributed by atoms with Crippen LogP contribution in [0.5, 0.6) is 0 Å². The van der Waals surface area contributed by atoms with E-state index < -0.39 is 41.3 Å². The second kappa shape index (κ2) is 12.8. The summed E-state index contributed by atoms with van der Waals surface area (Å²) in [5, 5.41) is 13.9. The summed E-state index contributed by atoms with van der Waals surface area (Å²) in [5.74, 6) is -1.99. The smallest absolute Gasteiger partial charge is 0.407 e. The Morgan fingerprint density at radius 1 is 1.07 bits per heavy atom. The molecule has 1 aliphatic rings. The van der Waals surface area contributed by atoms with E-state index in [1.54, 1.807) is 39.8 Å². The number of pyridine rings is 1. The van der Waals surface area contributed by atoms with Crippen molar-refractivity contribution in [3.8, 4) is 0 Å². The van der Waals surface area contributed by atoms with Crippen molar-refractivity contribution < 1.29 is 28.3 Å². The molecule has 13 heteroatoms. The van der Waals surface area contributed by atoms with Gasteiger partial charge >= 0.3 is 6.09 Å². The average Bonchev–Trinajstić information content (AvgIpc) is 3.60. The molecule has 0 spiro atoms. The molecule has 12 nitrogen and oxygen atoms in total. The molecule has 3 amide bonds. The number of ether oxygens (including phenoxy) is 1. The first-order valence-electron chi connectivity index (χ1n) is 13.2. The van der Waals surface area contributed by atoms with Gasteiger partial charge in [-0.2, -0.15) is 0 Å². The Balaban J connectivity index is 1.77. The van der Waals surface area contributed by atoms with Crippen molar-refractivity contribution in [2.45, 2.75) is 77.9 Å². The van der Waals surface area contributed by atoms with Crippen molar-refractivity contribution in [3.63, 3.8) is 0 Å². The number of methoxy groups -OCH3 is 1. The second-order valence-electron chi connectivity index (χ2n) is 11.0. The van der Waals surface area contributed by atoms with Gasteiger partial charge in [-0.15, -0.1) is 10.2 Å². The van der Waals surface area contributed by atoms with E-state index in [4.69, 9.17) is 16.0 Å². The van der Waals surface area contributed by atoms with E-state index in [0.29, 0.717) is 30.1 Å². The predicted molar refractivity (Wildman–Crippen MR) is 146 cm³/mol. The van der Waals surface area contributed by atoms with Crippen LogP contribution in [0.1, 0.15) is 76.7 Å². The molecule has 3 rings (SSSR count). The van der Waals surface area contributed by atoms with Crippen molar-refractivity contribution in [2.75, 3.05) is 13.7 Å². The van der Waals surface area contributed by atoms with Gasteiger partial charge in [-0.1, -0.05) is 39.3 Å². The standard InChI is InChI=1S/C27H37ClN6O6/c1-14(2)19(21(35)23-32-33-25(40-23)27(5,6)18-11-10-16(28)13-29-18)30-22(36)17-9-8-12-34(17)24(37)20(15(3)4)31-26(38)39-7/h10-11,13-15,17,19-20H,8-9,12H2,1-7H3,(H,30,36)(H,31,38)/t17-,19?,20-/m0/s1. The summed E-state index contributed by atoms with van der Waals surface area (Å²) >= 11 is 5.95. The maximum absolute atomic E-state index is 13.4. The Morgan fingerprint density at radius 2 is 1.75 bits per heavy atom. The molecule has 0 aromatic carbocycles. The lowest BCUT2D eigenvalue weighted by atomic mass is 9.89. The number of Topliss-reactive ketones (excluding diaryl/α,β-unsaturated/α-hetero) is 1. The summed E-state index contributed by atoms with van der Waals surface area (Å²) in [7, 11) is 1.22. The molecule has 1 unspecified atom stereocenters. The van der Waals surface area contributed by atoms with Crippen LogP contribution in [-0.2, 0) is 19.7 Å². The maximum atomic E-state index is 13.4. The lowest BCUT2D eigenvalue weighted by Crippen LogP contribution is -2.57. The van der Waals surface area contributed by atoms with Crippen molar-refractivity contribution in [3.05, 3.63) is 40.8 Å². The van der Waals surface area contributed by atoms with Gasteiger partial charge in [0.2, 0.25) is 23.5 Å². The molecular weight excluding hydrogens is 540 g/mol. The Hall–Kier alpha value is -3.54. The Morgan fingerprint density at radius 3 is 2.33 bits per heavy atom. The number of rotatable bonds is 10. The van der Waals surface area contributed by atoms with Gasteiger partial charge in [0.1, 0.15) is 12.1 Å². The summed E-state index contributed by atoms with van der Waals surface area (Å²) in [6.07, 6.45) is 1.81. The third-order valence-electron chi connectivity index (χ3n) is 7.02. The van der Waals surface area contributed by atoms with E-state index in [1.807, 2.05) is 13.8 Å². The number of nitrogens with zero attached hydrogens (tertiary/aromatic N) is 4. The number of hydrogen-bond donors (Lipinski definition) is 2. The fourth-order valence-corrected chi connectivity index (χ4v) is 4.64. The summed E-state index contributed by atoms with van der Waals surface area (Å²) in [6, 6.07) is 0.813. The molecule has 40 heavy (non-hydrogen) atoms. The lowest BCUT2D eigenvalue weighted by molar-refractivity contribution is -0.141. The van der Waals surface area contributed by atoms with E-state index in [2.05, 4.69) is 30.6 Å². The number of ketones is 1. The first kappa shape index (κ1) is 31.0. The van der Waals surface area contributed by atoms with Crippen LogP contribution in [0.3, 0.4) is 0 Å². The van der Waals surface area contributed by atoms with Gasteiger partial charge in [0.25, 0.3) is 5.89 Å². The van der Waals surface area contributed by atoms with Crippen LogP contribution in [-0.4, -0.2) is 75.6 Å². The van der Waals surface area contributed by atoms with Crippen LogP contribution in [0.25, 0.3) is 0 Å². The first-order valence-corrected chi connectivity index (χ1v) is 13.6. The number of carbonyl (C=O) groups excluding carboxylic acids is 4. The molecule has 218 valence electrons. The van der Waals surface area contributed by atoms with Gasteiger partial charge in [-0.05, 0) is 50.7 Å². The molecule has 0 radical (unpaired) electrons. The van der Waals surface area contributed by atoms with E-state index >= 15 is 0 Å². The minimum absolute atomic E-state index is 0.185. The van der Waals surface area contributed by atoms with Crippen LogP contribution in [0.2, 0.25) is 5.02 Å². The summed E-state index contributed by atoms with van der Waals surface area (Å²) in [4.78, 5) is 57.7. The number of aromatic nitrogens is 3. The largest absolute Gasteiger partial charge is 0.453 e. The third kappa shape index (κ3) is 6.78. The van der Waals surface area contributed by atoms with Crippen molar-refractivity contribution in [1.82, 2.24) is 30.7 Å². The van der Waals surface area contributed by atoms with Crippen LogP contribution in [0.4, 0.5) is 4.79 Å². The van der Waals surface area contributed by atoms with Crippen molar-refractivity contribution >= 4 is 35.3 Å². The highest BCUT2D eigenvalue weighted by molar-refractivity contribution is 6.30. The molecule has 2 aromatic rings. The monoisotopic (exact) mass is 576 g/mol. The summed E-state index contributed by atoms with van der Waals surface area (Å²) < 4.78 is 10.4. The Labute approximate surface area is 238 Å². The van der Waals surface area contributed by atoms with Gasteiger partial charge in [0, 0.05) is 12.7 Å². The molecular formula is C27H37ClN6O6. The highest BCUT2D eigenvalue weighted by Gasteiger charge is 2.41. The molecule has 2 N–H and O–H groups in total. The van der Waals surface area contributed by atoms with Gasteiger partial charge < -0.3 is 24.7 Å². The minimum Gasteiger partial charge on any atom is -0.453 e. The number of alkyl carbamates (subject to hydrolysis) is 1. The lowest BCUT2D eigenvalue weighted by Gasteiger charge is -2.31. The quantitative estimate of drug-likeness (QED) is 0.405. The van der Waals surface area contributed by atoms with Crippen LogP contribution in [0.15, 0.2) is 22.7 Å². The SMILES string of the molecule is COC(=O)N[C@H](C(=O)N1CCC[C@H]1C(=O)NC(C(=O)c1nnc(C(C)(C)c2ccc(Cl)cn2)o1)C(C)C)C(C)C. The van der Waals surface area contributed by atoms with Crippen LogP contribution >= 0.6 is 11.6 Å². The highest BCUT2D eigenvalue weighted by Crippen LogP contribution is 2.30. The third-order valence-corrected chi connectivity index (χ3v) is 7.24. The molecule has 1 aliphatic heterocycles. The molecule has 3 heterocycles. The molecule has 0 bridgehead atoms. The predicted octanol–water partition coefficient (Wildman–Crippen LogP) is 3.14. The van der Waals surface area contributed by atoms with Gasteiger partial charge in [0.05, 0.1) is 29.3 Å². The number of nitrogens with one attached hydrogen (secondary N) is 2. The molecule has 0 saturated carbocycles. The molecule has 1 saturated heterocycles. The molecule has 1 fully saturated rings. The van der Waals surface area contributed by atoms with Gasteiger partial charge in [0.15, 0.2) is 0 Å². The van der Waals surface area contributed by atoms with E-state index in [1.165, 1.54) is 18.2 Å². The van der Waals surface area contributed by atoms with E-state index in [0.717, 1.165) is 0 Å². The fourth-order valence-electron chi connectivity index (χ4n) is 4.53. The number of amides is 3. The second-order valence-corrected chi connectivity index (χ2v) is 11.5. The molecule has 2 aromatic heterocycles. The Bertz CT molecular complexity index is 1230. The number of hydrogen-bond acceptors (Lipinski definition) is 9. The number of halogens is 1. The normalized spacial score (nSPS) is 17.1. The zero-order valence-corrected chi connectivity index (χ0v) is 24.6. The van der Waals surface area contributed by atoms with E-state index in [-0.39, 0.29) is 29.5 Å². The average molecular weight is 577 g/mol. The number of carbonyl (C=O) groups is 4. The first-order chi connectivity index (χ1) is 18.8. The number of likely N-dealkylation sites (tertiary alicyclic amines) is 1. The van der Waals surface area contributed by atoms with Gasteiger partial charge in [-0.25, -0.2) is 4.79 Å². The van der Waals surface area contributed by atoms with Crippen molar-refractivity contribution in [1.29, 1.82) is 0 Å².